The van der Waals surface area contributed by atoms with Gasteiger partial charge in [-0.15, -0.1) is 0 Å². The van der Waals surface area contributed by atoms with E-state index < -0.39 is 6.10 Å². The predicted octanol–water partition coefficient (Wildman–Crippen LogP) is 3.30. The van der Waals surface area contributed by atoms with E-state index >= 15 is 0 Å². The fourth-order valence-electron chi connectivity index (χ4n) is 2.91. The number of rotatable bonds is 15. The quantitative estimate of drug-likeness (QED) is 0.294. The molecule has 1 unspecified atom stereocenters. The Morgan fingerprint density at radius 3 is 2.55 bits per heavy atom. The molecule has 1 aliphatic rings. The second-order valence-electron chi connectivity index (χ2n) is 7.90. The van der Waals surface area contributed by atoms with E-state index in [4.69, 9.17) is 25.8 Å². The number of aliphatic hydroxyl groups is 1. The number of urea groups is 1. The Bertz CT molecular complexity index is 848. The first-order valence-corrected chi connectivity index (χ1v) is 11.6. The number of carbonyl (C=O) groups excluding carboxylic acids is 1. The number of hydrogen-bond donors (Lipinski definition) is 4. The summed E-state index contributed by atoms with van der Waals surface area (Å²) < 4.78 is 16.8. The number of benzene rings is 2. The van der Waals surface area contributed by atoms with Crippen LogP contribution in [-0.4, -0.2) is 63.3 Å². The van der Waals surface area contributed by atoms with Gasteiger partial charge in [-0.05, 0) is 61.2 Å². The van der Waals surface area contributed by atoms with Crippen LogP contribution >= 0.6 is 11.6 Å². The second kappa shape index (κ2) is 13.9. The zero-order valence-electron chi connectivity index (χ0n) is 18.6. The van der Waals surface area contributed by atoms with Gasteiger partial charge in [-0.3, -0.25) is 0 Å². The molecule has 0 radical (unpaired) electrons. The van der Waals surface area contributed by atoms with Crippen molar-refractivity contribution in [2.45, 2.75) is 18.9 Å². The minimum atomic E-state index is -0.676. The number of anilines is 1. The summed E-state index contributed by atoms with van der Waals surface area (Å²) >= 11 is 5.89. The summed E-state index contributed by atoms with van der Waals surface area (Å²) in [6, 6.07) is 13.9. The van der Waals surface area contributed by atoms with Gasteiger partial charge in [0.2, 0.25) is 0 Å². The summed E-state index contributed by atoms with van der Waals surface area (Å²) in [5, 5.41) is 19.1. The number of ether oxygens (including phenoxy) is 3. The van der Waals surface area contributed by atoms with Crippen LogP contribution in [-0.2, 0) is 4.74 Å². The maximum atomic E-state index is 11.8. The molecule has 1 fully saturated rings. The highest BCUT2D eigenvalue weighted by Gasteiger charge is 2.20. The van der Waals surface area contributed by atoms with Crippen molar-refractivity contribution in [3.63, 3.8) is 0 Å². The van der Waals surface area contributed by atoms with E-state index in [2.05, 4.69) is 16.0 Å². The first-order chi connectivity index (χ1) is 16.1. The molecule has 2 aromatic carbocycles. The fourth-order valence-corrected chi connectivity index (χ4v) is 3.10. The standard InChI is InChI=1S/C24H32ClN3O5/c25-19-2-1-3-20(14-19)28-24(30)27-11-10-26-15-21(29)17-33-23-8-6-22(7-9-23)32-13-12-31-16-18-4-5-18/h1-3,6-9,14,18,21,26,29H,4-5,10-13,15-17H2,(H2,27,28,30). The molecule has 1 saturated carbocycles. The van der Waals surface area contributed by atoms with Gasteiger partial charge in [0.25, 0.3) is 0 Å². The number of aliphatic hydroxyl groups excluding tert-OH is 1. The van der Waals surface area contributed by atoms with Crippen LogP contribution in [0.25, 0.3) is 0 Å². The van der Waals surface area contributed by atoms with Crippen molar-refractivity contribution in [1.29, 1.82) is 0 Å². The number of carbonyl (C=O) groups is 1. The van der Waals surface area contributed by atoms with Gasteiger partial charge < -0.3 is 35.3 Å². The van der Waals surface area contributed by atoms with Gasteiger partial charge in [-0.25, -0.2) is 4.79 Å². The van der Waals surface area contributed by atoms with Gasteiger partial charge in [0, 0.05) is 37.0 Å². The van der Waals surface area contributed by atoms with E-state index in [1.165, 1.54) is 12.8 Å². The van der Waals surface area contributed by atoms with Crippen molar-refractivity contribution in [2.24, 2.45) is 5.92 Å². The minimum Gasteiger partial charge on any atom is -0.491 e. The zero-order valence-corrected chi connectivity index (χ0v) is 19.4. The van der Waals surface area contributed by atoms with Gasteiger partial charge in [-0.2, -0.15) is 0 Å². The summed E-state index contributed by atoms with van der Waals surface area (Å²) in [7, 11) is 0. The maximum absolute atomic E-state index is 11.8. The van der Waals surface area contributed by atoms with Crippen molar-refractivity contribution in [3.05, 3.63) is 53.6 Å². The Hall–Kier alpha value is -2.52. The first kappa shape index (κ1) is 25.1. The summed E-state index contributed by atoms with van der Waals surface area (Å²) in [4.78, 5) is 11.8. The monoisotopic (exact) mass is 477 g/mol. The molecule has 0 aromatic heterocycles. The van der Waals surface area contributed by atoms with Crippen molar-refractivity contribution in [3.8, 4) is 11.5 Å². The average Bonchev–Trinajstić information content (AvgIpc) is 3.62. The van der Waals surface area contributed by atoms with Crippen LogP contribution in [0.4, 0.5) is 10.5 Å². The Labute approximate surface area is 199 Å². The van der Waals surface area contributed by atoms with E-state index in [-0.39, 0.29) is 12.6 Å². The molecule has 180 valence electrons. The van der Waals surface area contributed by atoms with E-state index in [1.807, 2.05) is 24.3 Å². The van der Waals surface area contributed by atoms with E-state index in [0.717, 1.165) is 18.3 Å². The smallest absolute Gasteiger partial charge is 0.319 e. The third kappa shape index (κ3) is 10.8. The molecule has 0 spiro atoms. The molecule has 0 bridgehead atoms. The van der Waals surface area contributed by atoms with E-state index in [1.54, 1.807) is 24.3 Å². The van der Waals surface area contributed by atoms with Crippen molar-refractivity contribution in [1.82, 2.24) is 10.6 Å². The van der Waals surface area contributed by atoms with E-state index in [0.29, 0.717) is 49.3 Å². The number of hydrogen-bond acceptors (Lipinski definition) is 6. The zero-order chi connectivity index (χ0) is 23.3. The predicted molar refractivity (Wildman–Crippen MR) is 128 cm³/mol. The van der Waals surface area contributed by atoms with Gasteiger partial charge in [0.15, 0.2) is 0 Å². The molecule has 2 aromatic rings. The van der Waals surface area contributed by atoms with Gasteiger partial charge in [0.05, 0.1) is 6.61 Å². The van der Waals surface area contributed by atoms with Crippen LogP contribution < -0.4 is 25.4 Å². The topological polar surface area (TPSA) is 101 Å². The molecule has 2 amide bonds. The molecular weight excluding hydrogens is 446 g/mol. The van der Waals surface area contributed by atoms with Crippen LogP contribution in [0.5, 0.6) is 11.5 Å². The molecule has 0 aliphatic heterocycles. The third-order valence-electron chi connectivity index (χ3n) is 4.86. The molecule has 33 heavy (non-hydrogen) atoms. The molecule has 9 heteroatoms. The average molecular weight is 478 g/mol. The third-order valence-corrected chi connectivity index (χ3v) is 5.10. The van der Waals surface area contributed by atoms with E-state index in [9.17, 15) is 9.90 Å². The largest absolute Gasteiger partial charge is 0.491 e. The number of amides is 2. The normalized spacial score (nSPS) is 13.9. The highest BCUT2D eigenvalue weighted by atomic mass is 35.5. The lowest BCUT2D eigenvalue weighted by atomic mass is 10.3. The van der Waals surface area contributed by atoms with Gasteiger partial charge in [0.1, 0.15) is 30.8 Å². The fraction of sp³-hybridized carbons (Fsp3) is 0.458. The summed E-state index contributed by atoms with van der Waals surface area (Å²) in [5.41, 5.74) is 0.623. The number of halogens is 1. The van der Waals surface area contributed by atoms with Crippen molar-refractivity contribution >= 4 is 23.3 Å². The Morgan fingerprint density at radius 2 is 1.82 bits per heavy atom. The van der Waals surface area contributed by atoms with Crippen LogP contribution in [0.3, 0.4) is 0 Å². The van der Waals surface area contributed by atoms with Crippen LogP contribution in [0.1, 0.15) is 12.8 Å². The highest BCUT2D eigenvalue weighted by Crippen LogP contribution is 2.28. The SMILES string of the molecule is O=C(NCCNCC(O)COc1ccc(OCCOCC2CC2)cc1)Nc1cccc(Cl)c1. The second-order valence-corrected chi connectivity index (χ2v) is 8.33. The van der Waals surface area contributed by atoms with Crippen molar-refractivity contribution in [2.75, 3.05) is 51.4 Å². The first-order valence-electron chi connectivity index (χ1n) is 11.2. The van der Waals surface area contributed by atoms with Crippen LogP contribution in [0.2, 0.25) is 5.02 Å². The molecule has 0 heterocycles. The number of nitrogens with one attached hydrogen (secondary N) is 3. The summed E-state index contributed by atoms with van der Waals surface area (Å²) in [6.07, 6.45) is 1.90. The Morgan fingerprint density at radius 1 is 1.06 bits per heavy atom. The Balaban J connectivity index is 1.19. The molecule has 1 aliphatic carbocycles. The maximum Gasteiger partial charge on any atom is 0.319 e. The lowest BCUT2D eigenvalue weighted by Crippen LogP contribution is -2.38. The van der Waals surface area contributed by atoms with Gasteiger partial charge >= 0.3 is 6.03 Å². The molecule has 0 saturated heterocycles. The molecule has 4 N–H and O–H groups in total. The Kier molecular flexibility index (Phi) is 10.6. The lowest BCUT2D eigenvalue weighted by molar-refractivity contribution is 0.0926. The van der Waals surface area contributed by atoms with Gasteiger partial charge in [-0.1, -0.05) is 17.7 Å². The molecule has 8 nitrogen and oxygen atoms in total. The lowest BCUT2D eigenvalue weighted by Gasteiger charge is -2.14. The highest BCUT2D eigenvalue weighted by molar-refractivity contribution is 6.30. The molecular formula is C24H32ClN3O5. The molecule has 1 atom stereocenters. The molecule has 3 rings (SSSR count). The minimum absolute atomic E-state index is 0.158. The van der Waals surface area contributed by atoms with Crippen LogP contribution in [0.15, 0.2) is 48.5 Å². The van der Waals surface area contributed by atoms with Crippen LogP contribution in [0, 0.1) is 5.92 Å². The van der Waals surface area contributed by atoms with Crippen molar-refractivity contribution < 1.29 is 24.1 Å². The summed E-state index contributed by atoms with van der Waals surface area (Å²) in [6.45, 7) is 3.38. The summed E-state index contributed by atoms with van der Waals surface area (Å²) in [5.74, 6) is 2.17.